The molecule has 2 aromatic heterocycles. The van der Waals surface area contributed by atoms with E-state index >= 15 is 0 Å². The minimum Gasteiger partial charge on any atom is -0.455 e. The minimum absolute atomic E-state index is 0.899. The van der Waals surface area contributed by atoms with E-state index < -0.39 is 0 Å². The zero-order valence-corrected chi connectivity index (χ0v) is 24.9. The van der Waals surface area contributed by atoms with Crippen molar-refractivity contribution in [2.75, 3.05) is 0 Å². The molecule has 0 atom stereocenters. The van der Waals surface area contributed by atoms with Crippen LogP contribution in [0.4, 0.5) is 0 Å². The summed E-state index contributed by atoms with van der Waals surface area (Å²) < 4.78 is 9.24. The van der Waals surface area contributed by atoms with Gasteiger partial charge in [-0.25, -0.2) is 0 Å². The summed E-state index contributed by atoms with van der Waals surface area (Å²) in [6, 6.07) is 58.9. The Balaban J connectivity index is 1.35. The van der Waals surface area contributed by atoms with Gasteiger partial charge in [-0.1, -0.05) is 127 Å². The Hall–Kier alpha value is -6.12. The average molecular weight is 586 g/mol. The topological polar surface area (TPSA) is 18.1 Å². The SMILES string of the molecule is c1ccc(-n2c3ccccc3c3ccc(-c4c5ccccc5c(-c5ccc6ccccc6c5)c5oc6ccccc6c45)cc32)cc1. The number of rotatable bonds is 3. The van der Waals surface area contributed by atoms with Gasteiger partial charge in [0.25, 0.3) is 0 Å². The molecule has 10 rings (SSSR count). The highest BCUT2D eigenvalue weighted by Gasteiger charge is 2.23. The summed E-state index contributed by atoms with van der Waals surface area (Å²) in [5.74, 6) is 0. The Labute approximate surface area is 265 Å². The maximum absolute atomic E-state index is 6.84. The van der Waals surface area contributed by atoms with Crippen LogP contribution in [-0.2, 0) is 0 Å². The number of nitrogens with zero attached hydrogens (tertiary/aromatic N) is 1. The van der Waals surface area contributed by atoms with E-state index in [9.17, 15) is 0 Å². The molecule has 0 spiro atoms. The fourth-order valence-corrected chi connectivity index (χ4v) is 7.56. The Morgan fingerprint density at radius 2 is 1.00 bits per heavy atom. The first-order chi connectivity index (χ1) is 22.8. The van der Waals surface area contributed by atoms with Crippen LogP contribution in [-0.4, -0.2) is 4.57 Å². The molecule has 0 fully saturated rings. The molecule has 10 aromatic rings. The van der Waals surface area contributed by atoms with Crippen LogP contribution >= 0.6 is 0 Å². The molecule has 0 saturated heterocycles. The Morgan fingerprint density at radius 1 is 0.391 bits per heavy atom. The van der Waals surface area contributed by atoms with Gasteiger partial charge in [-0.05, 0) is 69.1 Å². The van der Waals surface area contributed by atoms with Crippen LogP contribution < -0.4 is 0 Å². The number of hydrogen-bond acceptors (Lipinski definition) is 1. The van der Waals surface area contributed by atoms with Gasteiger partial charge in [0.15, 0.2) is 0 Å². The molecule has 0 amide bonds. The summed E-state index contributed by atoms with van der Waals surface area (Å²) in [4.78, 5) is 0. The summed E-state index contributed by atoms with van der Waals surface area (Å²) in [5, 5.41) is 9.63. The predicted molar refractivity (Wildman–Crippen MR) is 194 cm³/mol. The minimum atomic E-state index is 0.899. The van der Waals surface area contributed by atoms with Crippen LogP contribution in [0.3, 0.4) is 0 Å². The summed E-state index contributed by atoms with van der Waals surface area (Å²) in [6.45, 7) is 0. The standard InChI is InChI=1S/C44H27NO/c1-2-14-32(15-3-1)45-38-20-10-8-16-33(38)34-25-24-31(27-39(34)45)41-35-17-6-7-18-36(35)42(30-23-22-28-12-4-5-13-29(28)26-30)44-43(41)37-19-9-11-21-40(37)46-44/h1-27H. The number of benzene rings is 8. The second-order valence-corrected chi connectivity index (χ2v) is 12.1. The molecule has 0 unspecified atom stereocenters. The van der Waals surface area contributed by atoms with Crippen molar-refractivity contribution in [3.63, 3.8) is 0 Å². The lowest BCUT2D eigenvalue weighted by Gasteiger charge is -2.16. The zero-order chi connectivity index (χ0) is 30.2. The highest BCUT2D eigenvalue weighted by Crippen LogP contribution is 2.48. The summed E-state index contributed by atoms with van der Waals surface area (Å²) >= 11 is 0. The van der Waals surface area contributed by atoms with Gasteiger partial charge >= 0.3 is 0 Å². The maximum Gasteiger partial charge on any atom is 0.144 e. The number of aromatic nitrogens is 1. The van der Waals surface area contributed by atoms with Gasteiger partial charge in [0, 0.05) is 38.4 Å². The van der Waals surface area contributed by atoms with Crippen molar-refractivity contribution in [1.29, 1.82) is 0 Å². The first-order valence-corrected chi connectivity index (χ1v) is 15.8. The van der Waals surface area contributed by atoms with Crippen molar-refractivity contribution in [3.8, 4) is 27.9 Å². The highest BCUT2D eigenvalue weighted by atomic mass is 16.3. The molecule has 0 aliphatic heterocycles. The zero-order valence-electron chi connectivity index (χ0n) is 24.9. The quantitative estimate of drug-likeness (QED) is 0.202. The van der Waals surface area contributed by atoms with Gasteiger partial charge < -0.3 is 8.98 Å². The molecule has 0 aliphatic carbocycles. The van der Waals surface area contributed by atoms with E-state index in [0.717, 1.165) is 38.8 Å². The van der Waals surface area contributed by atoms with E-state index in [-0.39, 0.29) is 0 Å². The molecule has 0 N–H and O–H groups in total. The maximum atomic E-state index is 6.84. The fourth-order valence-electron chi connectivity index (χ4n) is 7.56. The van der Waals surface area contributed by atoms with Crippen molar-refractivity contribution in [1.82, 2.24) is 4.57 Å². The van der Waals surface area contributed by atoms with Gasteiger partial charge in [-0.2, -0.15) is 0 Å². The van der Waals surface area contributed by atoms with Crippen LogP contribution in [0.1, 0.15) is 0 Å². The average Bonchev–Trinajstić information content (AvgIpc) is 3.66. The van der Waals surface area contributed by atoms with Crippen molar-refractivity contribution >= 4 is 65.3 Å². The molecule has 2 heteroatoms. The number of para-hydroxylation sites is 3. The molecule has 0 radical (unpaired) electrons. The van der Waals surface area contributed by atoms with Crippen molar-refractivity contribution in [2.24, 2.45) is 0 Å². The number of fused-ring (bicyclic) bond motifs is 8. The molecular weight excluding hydrogens is 558 g/mol. The lowest BCUT2D eigenvalue weighted by Crippen LogP contribution is -1.94. The molecule has 0 bridgehead atoms. The largest absolute Gasteiger partial charge is 0.455 e. The summed E-state index contributed by atoms with van der Waals surface area (Å²) in [5.41, 5.74) is 10.0. The smallest absolute Gasteiger partial charge is 0.144 e. The van der Waals surface area contributed by atoms with Gasteiger partial charge in [0.05, 0.1) is 11.0 Å². The predicted octanol–water partition coefficient (Wildman–Crippen LogP) is 12.3. The number of furan rings is 1. The third-order valence-corrected chi connectivity index (χ3v) is 9.55. The Bertz CT molecular complexity index is 2800. The molecule has 0 saturated carbocycles. The van der Waals surface area contributed by atoms with Gasteiger partial charge in [-0.15, -0.1) is 0 Å². The molecule has 214 valence electrons. The fraction of sp³-hybridized carbons (Fsp3) is 0. The van der Waals surface area contributed by atoms with Crippen LogP contribution in [0.5, 0.6) is 0 Å². The lowest BCUT2D eigenvalue weighted by molar-refractivity contribution is 0.670. The van der Waals surface area contributed by atoms with Gasteiger partial charge in [0.1, 0.15) is 11.2 Å². The second kappa shape index (κ2) is 9.69. The van der Waals surface area contributed by atoms with E-state index in [1.54, 1.807) is 0 Å². The normalized spacial score (nSPS) is 11.9. The van der Waals surface area contributed by atoms with E-state index in [2.05, 4.69) is 168 Å². The van der Waals surface area contributed by atoms with Gasteiger partial charge in [0.2, 0.25) is 0 Å². The monoisotopic (exact) mass is 585 g/mol. The van der Waals surface area contributed by atoms with Crippen molar-refractivity contribution < 1.29 is 4.42 Å². The second-order valence-electron chi connectivity index (χ2n) is 12.1. The van der Waals surface area contributed by atoms with Crippen LogP contribution in [0.15, 0.2) is 168 Å². The molecule has 46 heavy (non-hydrogen) atoms. The Kier molecular flexibility index (Phi) is 5.31. The molecule has 0 aliphatic rings. The van der Waals surface area contributed by atoms with E-state index in [0.29, 0.717) is 0 Å². The summed E-state index contributed by atoms with van der Waals surface area (Å²) in [7, 11) is 0. The third-order valence-electron chi connectivity index (χ3n) is 9.55. The van der Waals surface area contributed by atoms with E-state index in [4.69, 9.17) is 4.42 Å². The first kappa shape index (κ1) is 25.2. The van der Waals surface area contributed by atoms with Crippen LogP contribution in [0.25, 0.3) is 93.2 Å². The molecule has 8 aromatic carbocycles. The number of hydrogen-bond donors (Lipinski definition) is 0. The third kappa shape index (κ3) is 3.59. The van der Waals surface area contributed by atoms with Crippen LogP contribution in [0, 0.1) is 0 Å². The molecular formula is C44H27NO. The van der Waals surface area contributed by atoms with Crippen molar-refractivity contribution in [3.05, 3.63) is 164 Å². The van der Waals surface area contributed by atoms with Crippen LogP contribution in [0.2, 0.25) is 0 Å². The molecule has 2 nitrogen and oxygen atoms in total. The Morgan fingerprint density at radius 3 is 1.85 bits per heavy atom. The van der Waals surface area contributed by atoms with Gasteiger partial charge in [-0.3, -0.25) is 0 Å². The highest BCUT2D eigenvalue weighted by molar-refractivity contribution is 6.27. The summed E-state index contributed by atoms with van der Waals surface area (Å²) in [6.07, 6.45) is 0. The molecule has 2 heterocycles. The first-order valence-electron chi connectivity index (χ1n) is 15.8. The van der Waals surface area contributed by atoms with E-state index in [1.807, 2.05) is 0 Å². The van der Waals surface area contributed by atoms with E-state index in [1.165, 1.54) is 54.5 Å². The van der Waals surface area contributed by atoms with Crippen molar-refractivity contribution in [2.45, 2.75) is 0 Å². The lowest BCUT2D eigenvalue weighted by atomic mass is 9.87.